The summed E-state index contributed by atoms with van der Waals surface area (Å²) in [6.07, 6.45) is 5.48. The predicted molar refractivity (Wildman–Crippen MR) is 58.9 cm³/mol. The lowest BCUT2D eigenvalue weighted by atomic mass is 9.89. The first-order chi connectivity index (χ1) is 6.15. The maximum atomic E-state index is 5.50. The molecule has 1 nitrogen and oxygen atoms in total. The molecule has 0 aromatic rings. The Hall–Kier alpha value is -0.0400. The van der Waals surface area contributed by atoms with E-state index in [2.05, 4.69) is 27.7 Å². The van der Waals surface area contributed by atoms with Crippen LogP contribution in [-0.4, -0.2) is 13.2 Å². The van der Waals surface area contributed by atoms with Gasteiger partial charge in [0.1, 0.15) is 0 Å². The van der Waals surface area contributed by atoms with Gasteiger partial charge in [-0.25, -0.2) is 0 Å². The third-order valence-electron chi connectivity index (χ3n) is 2.98. The number of hydrogen-bond acceptors (Lipinski definition) is 1. The SMILES string of the molecule is CCCC(OC)C(C)CC(C)CC. The molecule has 0 bridgehead atoms. The Labute approximate surface area is 83.9 Å². The van der Waals surface area contributed by atoms with Crippen molar-refractivity contribution in [1.82, 2.24) is 0 Å². The maximum Gasteiger partial charge on any atom is 0.0596 e. The monoisotopic (exact) mass is 186 g/mol. The molecule has 0 aliphatic rings. The van der Waals surface area contributed by atoms with Crippen LogP contribution in [0, 0.1) is 11.8 Å². The Morgan fingerprint density at radius 1 is 1.15 bits per heavy atom. The molecule has 0 aromatic carbocycles. The van der Waals surface area contributed by atoms with E-state index in [0.717, 1.165) is 5.92 Å². The summed E-state index contributed by atoms with van der Waals surface area (Å²) in [5.41, 5.74) is 0. The number of rotatable bonds is 7. The summed E-state index contributed by atoms with van der Waals surface area (Å²) in [6, 6.07) is 0. The van der Waals surface area contributed by atoms with Crippen LogP contribution in [0.3, 0.4) is 0 Å². The molecule has 80 valence electrons. The first kappa shape index (κ1) is 13.0. The second kappa shape index (κ2) is 7.37. The van der Waals surface area contributed by atoms with E-state index in [1.165, 1.54) is 25.7 Å². The van der Waals surface area contributed by atoms with E-state index in [1.54, 1.807) is 0 Å². The van der Waals surface area contributed by atoms with Crippen LogP contribution in [0.25, 0.3) is 0 Å². The molecule has 0 radical (unpaired) electrons. The molecule has 0 amide bonds. The third kappa shape index (κ3) is 5.30. The number of ether oxygens (including phenoxy) is 1. The van der Waals surface area contributed by atoms with E-state index in [9.17, 15) is 0 Å². The highest BCUT2D eigenvalue weighted by molar-refractivity contribution is 4.68. The maximum absolute atomic E-state index is 5.50. The lowest BCUT2D eigenvalue weighted by molar-refractivity contribution is 0.0425. The molecule has 3 unspecified atom stereocenters. The van der Waals surface area contributed by atoms with Crippen molar-refractivity contribution in [3.05, 3.63) is 0 Å². The van der Waals surface area contributed by atoms with Crippen LogP contribution < -0.4 is 0 Å². The Bertz CT molecular complexity index is 112. The largest absolute Gasteiger partial charge is 0.381 e. The first-order valence-corrected chi connectivity index (χ1v) is 5.68. The second-order valence-corrected chi connectivity index (χ2v) is 4.29. The summed E-state index contributed by atoms with van der Waals surface area (Å²) in [5.74, 6) is 1.55. The molecule has 0 heterocycles. The van der Waals surface area contributed by atoms with Crippen LogP contribution in [0.2, 0.25) is 0 Å². The van der Waals surface area contributed by atoms with E-state index < -0.39 is 0 Å². The Morgan fingerprint density at radius 3 is 2.15 bits per heavy atom. The zero-order valence-electron chi connectivity index (χ0n) is 9.97. The zero-order valence-corrected chi connectivity index (χ0v) is 9.97. The molecule has 3 atom stereocenters. The summed E-state index contributed by atoms with van der Waals surface area (Å²) < 4.78 is 5.50. The van der Waals surface area contributed by atoms with Gasteiger partial charge in [-0.15, -0.1) is 0 Å². The van der Waals surface area contributed by atoms with Crippen molar-refractivity contribution < 1.29 is 4.74 Å². The highest BCUT2D eigenvalue weighted by atomic mass is 16.5. The summed E-state index contributed by atoms with van der Waals surface area (Å²) in [4.78, 5) is 0. The Morgan fingerprint density at radius 2 is 1.77 bits per heavy atom. The van der Waals surface area contributed by atoms with Crippen LogP contribution in [0.15, 0.2) is 0 Å². The molecule has 0 aromatic heterocycles. The van der Waals surface area contributed by atoms with Crippen molar-refractivity contribution in [2.75, 3.05) is 7.11 Å². The molecule has 13 heavy (non-hydrogen) atoms. The lowest BCUT2D eigenvalue weighted by Crippen LogP contribution is -2.22. The van der Waals surface area contributed by atoms with Gasteiger partial charge in [0, 0.05) is 7.11 Å². The van der Waals surface area contributed by atoms with Gasteiger partial charge in [-0.05, 0) is 24.7 Å². The van der Waals surface area contributed by atoms with Gasteiger partial charge in [0.25, 0.3) is 0 Å². The smallest absolute Gasteiger partial charge is 0.0596 e. The zero-order chi connectivity index (χ0) is 10.3. The quantitative estimate of drug-likeness (QED) is 0.586. The molecule has 0 saturated carbocycles. The fraction of sp³-hybridized carbons (Fsp3) is 1.00. The third-order valence-corrected chi connectivity index (χ3v) is 2.98. The molecule has 0 aliphatic carbocycles. The van der Waals surface area contributed by atoms with Gasteiger partial charge in [-0.1, -0.05) is 40.5 Å². The van der Waals surface area contributed by atoms with Crippen LogP contribution in [0.1, 0.15) is 53.4 Å². The van der Waals surface area contributed by atoms with E-state index in [1.807, 2.05) is 7.11 Å². The van der Waals surface area contributed by atoms with Crippen molar-refractivity contribution in [1.29, 1.82) is 0 Å². The Balaban J connectivity index is 3.82. The summed E-state index contributed by atoms with van der Waals surface area (Å²) in [7, 11) is 1.84. The van der Waals surface area contributed by atoms with Crippen molar-refractivity contribution in [2.45, 2.75) is 59.5 Å². The highest BCUT2D eigenvalue weighted by Crippen LogP contribution is 2.21. The van der Waals surface area contributed by atoms with Gasteiger partial charge < -0.3 is 4.74 Å². The van der Waals surface area contributed by atoms with Crippen molar-refractivity contribution in [3.63, 3.8) is 0 Å². The standard InChI is InChI=1S/C12H26O/c1-6-8-12(13-5)11(4)9-10(3)7-2/h10-12H,6-9H2,1-5H3. The average molecular weight is 186 g/mol. The minimum absolute atomic E-state index is 0.471. The molecule has 0 saturated heterocycles. The highest BCUT2D eigenvalue weighted by Gasteiger charge is 2.17. The normalized spacial score (nSPS) is 18.2. The fourth-order valence-corrected chi connectivity index (χ4v) is 1.87. The molecule has 0 rings (SSSR count). The van der Waals surface area contributed by atoms with E-state index in [4.69, 9.17) is 4.74 Å². The van der Waals surface area contributed by atoms with Crippen molar-refractivity contribution in [3.8, 4) is 0 Å². The van der Waals surface area contributed by atoms with Gasteiger partial charge in [-0.3, -0.25) is 0 Å². The average Bonchev–Trinajstić information content (AvgIpc) is 2.13. The summed E-state index contributed by atoms with van der Waals surface area (Å²) >= 11 is 0. The molecule has 0 aliphatic heterocycles. The molecule has 0 fully saturated rings. The topological polar surface area (TPSA) is 9.23 Å². The van der Waals surface area contributed by atoms with E-state index in [-0.39, 0.29) is 0 Å². The van der Waals surface area contributed by atoms with Crippen LogP contribution >= 0.6 is 0 Å². The summed E-state index contributed by atoms with van der Waals surface area (Å²) in [6.45, 7) is 9.13. The van der Waals surface area contributed by atoms with Crippen molar-refractivity contribution in [2.24, 2.45) is 11.8 Å². The number of methoxy groups -OCH3 is 1. The van der Waals surface area contributed by atoms with Gasteiger partial charge in [0.05, 0.1) is 6.10 Å². The van der Waals surface area contributed by atoms with Crippen molar-refractivity contribution >= 4 is 0 Å². The molecule has 0 N–H and O–H groups in total. The van der Waals surface area contributed by atoms with Gasteiger partial charge >= 0.3 is 0 Å². The van der Waals surface area contributed by atoms with E-state index in [0.29, 0.717) is 12.0 Å². The Kier molecular flexibility index (Phi) is 7.35. The number of hydrogen-bond donors (Lipinski definition) is 0. The van der Waals surface area contributed by atoms with Crippen LogP contribution in [0.5, 0.6) is 0 Å². The van der Waals surface area contributed by atoms with Crippen LogP contribution in [-0.2, 0) is 4.74 Å². The fourth-order valence-electron chi connectivity index (χ4n) is 1.87. The van der Waals surface area contributed by atoms with Crippen LogP contribution in [0.4, 0.5) is 0 Å². The molecule has 0 spiro atoms. The van der Waals surface area contributed by atoms with E-state index >= 15 is 0 Å². The molecule has 1 heteroatoms. The molecular weight excluding hydrogens is 160 g/mol. The molecular formula is C12H26O. The predicted octanol–water partition coefficient (Wildman–Crippen LogP) is 3.87. The minimum atomic E-state index is 0.471. The van der Waals surface area contributed by atoms with Gasteiger partial charge in [0.2, 0.25) is 0 Å². The van der Waals surface area contributed by atoms with Gasteiger partial charge in [0.15, 0.2) is 0 Å². The second-order valence-electron chi connectivity index (χ2n) is 4.29. The minimum Gasteiger partial charge on any atom is -0.381 e. The van der Waals surface area contributed by atoms with Gasteiger partial charge in [-0.2, -0.15) is 0 Å². The lowest BCUT2D eigenvalue weighted by Gasteiger charge is -2.24. The summed E-state index contributed by atoms with van der Waals surface area (Å²) in [5, 5.41) is 0. The first-order valence-electron chi connectivity index (χ1n) is 5.68.